The van der Waals surface area contributed by atoms with Crippen LogP contribution in [0.25, 0.3) is 0 Å². The molecular weight excluding hydrogens is 424 g/mol. The van der Waals surface area contributed by atoms with Gasteiger partial charge in [-0.2, -0.15) is 4.91 Å². The second-order valence-corrected chi connectivity index (χ2v) is 9.25. The summed E-state index contributed by atoms with van der Waals surface area (Å²) in [6, 6.07) is 20.3. The largest absolute Gasteiger partial charge is 0.371 e. The van der Waals surface area contributed by atoms with Crippen LogP contribution in [0.3, 0.4) is 0 Å². The zero-order chi connectivity index (χ0) is 24.1. The lowest BCUT2D eigenvalue weighted by Gasteiger charge is -2.32. The smallest absolute Gasteiger partial charge is 0.220 e. The summed E-state index contributed by atoms with van der Waals surface area (Å²) in [6.07, 6.45) is 3.91. The molecule has 1 saturated heterocycles. The van der Waals surface area contributed by atoms with E-state index in [0.717, 1.165) is 48.4 Å². The van der Waals surface area contributed by atoms with Crippen molar-refractivity contribution in [1.82, 2.24) is 4.98 Å². The number of pyridine rings is 1. The molecule has 2 heterocycles. The minimum Gasteiger partial charge on any atom is -0.371 e. The van der Waals surface area contributed by atoms with Gasteiger partial charge in [-0.3, -0.25) is 9.78 Å². The van der Waals surface area contributed by atoms with Crippen molar-refractivity contribution in [3.8, 4) is 0 Å². The fourth-order valence-electron chi connectivity index (χ4n) is 5.00. The summed E-state index contributed by atoms with van der Waals surface area (Å²) in [6.45, 7) is 5.69. The molecule has 34 heavy (non-hydrogen) atoms. The van der Waals surface area contributed by atoms with Gasteiger partial charge >= 0.3 is 0 Å². The van der Waals surface area contributed by atoms with Crippen LogP contribution in [0.15, 0.2) is 72.0 Å². The standard InChI is InChI=1S/C28H32N4O2/c1-19-5-3-4-6-25(19)26(18-27(31-34)23-11-14-30-20(2)17-23)21-7-9-24(10-8-21)32-15-12-22(13-16-32)28(29)33/h3-11,14,17,22,26-27H,12-13,15-16,18H2,1-2H3,(H2,29,33). The van der Waals surface area contributed by atoms with E-state index in [9.17, 15) is 9.70 Å². The van der Waals surface area contributed by atoms with E-state index in [1.165, 1.54) is 11.1 Å². The Kier molecular flexibility index (Phi) is 7.36. The topological polar surface area (TPSA) is 88.6 Å². The number of carbonyl (C=O) groups excluding carboxylic acids is 1. The Labute approximate surface area is 201 Å². The van der Waals surface area contributed by atoms with E-state index in [2.05, 4.69) is 58.4 Å². The summed E-state index contributed by atoms with van der Waals surface area (Å²) < 4.78 is 0. The van der Waals surface area contributed by atoms with Crippen molar-refractivity contribution in [1.29, 1.82) is 0 Å². The first-order chi connectivity index (χ1) is 16.5. The molecule has 1 aliphatic heterocycles. The van der Waals surface area contributed by atoms with Crippen molar-refractivity contribution >= 4 is 11.6 Å². The van der Waals surface area contributed by atoms with Crippen LogP contribution in [0, 0.1) is 24.7 Å². The molecule has 3 aromatic rings. The summed E-state index contributed by atoms with van der Waals surface area (Å²) in [7, 11) is 0. The molecule has 2 aromatic carbocycles. The average molecular weight is 457 g/mol. The number of nitrogens with two attached hydrogens (primary N) is 1. The van der Waals surface area contributed by atoms with Crippen LogP contribution in [-0.4, -0.2) is 24.0 Å². The first kappa shape index (κ1) is 23.6. The fourth-order valence-corrected chi connectivity index (χ4v) is 5.00. The Balaban J connectivity index is 1.60. The Morgan fingerprint density at radius 1 is 1.06 bits per heavy atom. The molecule has 6 nitrogen and oxygen atoms in total. The zero-order valence-corrected chi connectivity index (χ0v) is 19.9. The zero-order valence-electron chi connectivity index (χ0n) is 19.9. The van der Waals surface area contributed by atoms with Gasteiger partial charge < -0.3 is 10.6 Å². The predicted molar refractivity (Wildman–Crippen MR) is 136 cm³/mol. The Hall–Kier alpha value is -3.54. The summed E-state index contributed by atoms with van der Waals surface area (Å²) in [4.78, 5) is 30.0. The molecule has 2 N–H and O–H groups in total. The van der Waals surface area contributed by atoms with E-state index in [4.69, 9.17) is 5.73 Å². The van der Waals surface area contributed by atoms with Gasteiger partial charge in [0, 0.05) is 42.5 Å². The molecule has 6 heteroatoms. The Morgan fingerprint density at radius 3 is 2.38 bits per heavy atom. The number of nitroso groups, excluding NO2 is 1. The summed E-state index contributed by atoms with van der Waals surface area (Å²) in [5, 5.41) is 3.51. The quantitative estimate of drug-likeness (QED) is 0.458. The van der Waals surface area contributed by atoms with Crippen LogP contribution in [0.5, 0.6) is 0 Å². The monoisotopic (exact) mass is 456 g/mol. The molecule has 4 rings (SSSR count). The number of aromatic nitrogens is 1. The highest BCUT2D eigenvalue weighted by Gasteiger charge is 2.25. The molecule has 1 aromatic heterocycles. The van der Waals surface area contributed by atoms with E-state index in [0.29, 0.717) is 6.42 Å². The lowest BCUT2D eigenvalue weighted by molar-refractivity contribution is -0.122. The Morgan fingerprint density at radius 2 is 1.76 bits per heavy atom. The maximum atomic E-state index is 11.9. The number of nitrogens with zero attached hydrogens (tertiary/aromatic N) is 3. The van der Waals surface area contributed by atoms with E-state index in [1.54, 1.807) is 6.20 Å². The van der Waals surface area contributed by atoms with Gasteiger partial charge in [-0.1, -0.05) is 41.6 Å². The molecule has 0 radical (unpaired) electrons. The van der Waals surface area contributed by atoms with Crippen LogP contribution in [0.2, 0.25) is 0 Å². The van der Waals surface area contributed by atoms with Gasteiger partial charge in [0.1, 0.15) is 6.04 Å². The van der Waals surface area contributed by atoms with Crippen molar-refractivity contribution in [2.75, 3.05) is 18.0 Å². The number of hydrogen-bond donors (Lipinski definition) is 1. The molecule has 1 amide bonds. The summed E-state index contributed by atoms with van der Waals surface area (Å²) >= 11 is 0. The lowest BCUT2D eigenvalue weighted by Crippen LogP contribution is -2.38. The second kappa shape index (κ2) is 10.6. The highest BCUT2D eigenvalue weighted by molar-refractivity contribution is 5.77. The van der Waals surface area contributed by atoms with Crippen molar-refractivity contribution in [3.63, 3.8) is 0 Å². The minimum absolute atomic E-state index is 0.0226. The molecule has 2 unspecified atom stereocenters. The van der Waals surface area contributed by atoms with E-state index >= 15 is 0 Å². The van der Waals surface area contributed by atoms with Crippen LogP contribution in [0.1, 0.15) is 59.2 Å². The van der Waals surface area contributed by atoms with Gasteiger partial charge in [-0.25, -0.2) is 0 Å². The molecule has 176 valence electrons. The van der Waals surface area contributed by atoms with Crippen LogP contribution in [-0.2, 0) is 4.79 Å². The molecular formula is C28H32N4O2. The number of hydrogen-bond acceptors (Lipinski definition) is 5. The molecule has 0 saturated carbocycles. The minimum atomic E-state index is -0.459. The Bertz CT molecular complexity index is 1140. The fraction of sp³-hybridized carbons (Fsp3) is 0.357. The first-order valence-electron chi connectivity index (χ1n) is 11.9. The van der Waals surface area contributed by atoms with Gasteiger partial charge in [0.2, 0.25) is 5.91 Å². The predicted octanol–water partition coefficient (Wildman–Crippen LogP) is 5.43. The third kappa shape index (κ3) is 5.33. The number of carbonyl (C=O) groups is 1. The van der Waals surface area contributed by atoms with Crippen LogP contribution in [0.4, 0.5) is 5.69 Å². The molecule has 0 aliphatic carbocycles. The third-order valence-electron chi connectivity index (χ3n) is 7.01. The highest BCUT2D eigenvalue weighted by Crippen LogP contribution is 2.38. The van der Waals surface area contributed by atoms with Crippen molar-refractivity contribution in [2.24, 2.45) is 16.8 Å². The number of amides is 1. The van der Waals surface area contributed by atoms with E-state index < -0.39 is 6.04 Å². The number of rotatable bonds is 8. The third-order valence-corrected chi connectivity index (χ3v) is 7.01. The van der Waals surface area contributed by atoms with E-state index in [1.807, 2.05) is 31.2 Å². The number of piperidine rings is 1. The summed E-state index contributed by atoms with van der Waals surface area (Å²) in [5.41, 5.74) is 12.0. The maximum Gasteiger partial charge on any atom is 0.220 e. The van der Waals surface area contributed by atoms with Crippen molar-refractivity contribution in [3.05, 3.63) is 99.7 Å². The first-order valence-corrected chi connectivity index (χ1v) is 11.9. The average Bonchev–Trinajstić information content (AvgIpc) is 2.86. The molecule has 2 atom stereocenters. The maximum absolute atomic E-state index is 11.9. The normalized spacial score (nSPS) is 16.1. The number of primary amides is 1. The van der Waals surface area contributed by atoms with Crippen LogP contribution < -0.4 is 10.6 Å². The van der Waals surface area contributed by atoms with Crippen molar-refractivity contribution in [2.45, 2.75) is 45.1 Å². The molecule has 1 fully saturated rings. The van der Waals surface area contributed by atoms with E-state index in [-0.39, 0.29) is 17.7 Å². The van der Waals surface area contributed by atoms with Gasteiger partial charge in [-0.05, 0) is 79.6 Å². The second-order valence-electron chi connectivity index (χ2n) is 9.25. The van der Waals surface area contributed by atoms with Crippen molar-refractivity contribution < 1.29 is 4.79 Å². The number of anilines is 1. The molecule has 0 spiro atoms. The van der Waals surface area contributed by atoms with Crippen LogP contribution >= 0.6 is 0 Å². The number of aryl methyl sites for hydroxylation is 2. The summed E-state index contributed by atoms with van der Waals surface area (Å²) in [5.74, 6) is -0.184. The van der Waals surface area contributed by atoms with Gasteiger partial charge in [0.15, 0.2) is 0 Å². The van der Waals surface area contributed by atoms with Gasteiger partial charge in [0.05, 0.1) is 0 Å². The van der Waals surface area contributed by atoms with Gasteiger partial charge in [-0.15, -0.1) is 0 Å². The lowest BCUT2D eigenvalue weighted by atomic mass is 9.82. The molecule has 1 aliphatic rings. The number of benzene rings is 2. The SMILES string of the molecule is Cc1cc(C(CC(c2ccc(N3CCC(C(N)=O)CC3)cc2)c2ccccc2C)N=O)ccn1. The molecule has 0 bridgehead atoms. The highest BCUT2D eigenvalue weighted by atomic mass is 16.3. The van der Waals surface area contributed by atoms with Gasteiger partial charge in [0.25, 0.3) is 0 Å².